The second-order valence-electron chi connectivity index (χ2n) is 3.97. The normalized spacial score (nSPS) is 10.3. The highest BCUT2D eigenvalue weighted by Gasteiger charge is 2.16. The molecule has 0 bridgehead atoms. The van der Waals surface area contributed by atoms with E-state index >= 15 is 0 Å². The number of rotatable bonds is 4. The highest BCUT2D eigenvalue weighted by Crippen LogP contribution is 2.27. The summed E-state index contributed by atoms with van der Waals surface area (Å²) in [5.74, 6) is -0.467. The van der Waals surface area contributed by atoms with Crippen molar-refractivity contribution < 1.29 is 9.53 Å². The summed E-state index contributed by atoms with van der Waals surface area (Å²) < 4.78 is 4.63. The summed E-state index contributed by atoms with van der Waals surface area (Å²) in [6, 6.07) is 8.18. The fourth-order valence-electron chi connectivity index (χ4n) is 1.48. The van der Waals surface area contributed by atoms with Gasteiger partial charge in [0.15, 0.2) is 15.2 Å². The zero-order valence-electron chi connectivity index (χ0n) is 10.6. The van der Waals surface area contributed by atoms with E-state index in [1.54, 1.807) is 0 Å². The van der Waals surface area contributed by atoms with Gasteiger partial charge in [0.2, 0.25) is 0 Å². The van der Waals surface area contributed by atoms with Crippen LogP contribution in [0.4, 0.5) is 5.13 Å². The maximum absolute atomic E-state index is 11.4. The number of benzene rings is 1. The topological polar surface area (TPSA) is 51.2 Å². The summed E-state index contributed by atoms with van der Waals surface area (Å²) in [6.45, 7) is 2.67. The molecule has 2 rings (SSSR count). The number of ether oxygens (including phenoxy) is 1. The number of anilines is 1. The third kappa shape index (κ3) is 3.45. The summed E-state index contributed by atoms with van der Waals surface area (Å²) in [5, 5.41) is 3.91. The molecule has 19 heavy (non-hydrogen) atoms. The van der Waals surface area contributed by atoms with E-state index in [0.29, 0.717) is 16.6 Å². The minimum absolute atomic E-state index is 0.170. The van der Waals surface area contributed by atoms with Gasteiger partial charge in [0.25, 0.3) is 0 Å². The zero-order chi connectivity index (χ0) is 13.8. The van der Waals surface area contributed by atoms with Crippen molar-refractivity contribution >= 4 is 34.0 Å². The number of aromatic nitrogens is 1. The van der Waals surface area contributed by atoms with Crippen LogP contribution >= 0.6 is 22.9 Å². The first-order valence-corrected chi connectivity index (χ1v) is 6.83. The molecule has 0 atom stereocenters. The number of carbonyl (C=O) groups is 1. The van der Waals surface area contributed by atoms with E-state index in [2.05, 4.69) is 15.0 Å². The Labute approximate surface area is 120 Å². The average molecular weight is 297 g/mol. The molecule has 0 aliphatic carbocycles. The molecule has 1 aromatic heterocycles. The van der Waals surface area contributed by atoms with Crippen molar-refractivity contribution in [1.29, 1.82) is 0 Å². The van der Waals surface area contributed by atoms with Crippen molar-refractivity contribution in [2.75, 3.05) is 12.4 Å². The van der Waals surface area contributed by atoms with Crippen molar-refractivity contribution in [2.45, 2.75) is 13.5 Å². The molecule has 0 saturated heterocycles. The maximum atomic E-state index is 11.4. The largest absolute Gasteiger partial charge is 0.465 e. The van der Waals surface area contributed by atoms with Gasteiger partial charge < -0.3 is 10.1 Å². The number of thiazole rings is 1. The zero-order valence-corrected chi connectivity index (χ0v) is 12.1. The Kier molecular flexibility index (Phi) is 4.39. The van der Waals surface area contributed by atoms with Crippen LogP contribution in [0.25, 0.3) is 0 Å². The van der Waals surface area contributed by atoms with Crippen LogP contribution in [-0.4, -0.2) is 18.1 Å². The van der Waals surface area contributed by atoms with Crippen LogP contribution in [0.2, 0.25) is 5.15 Å². The van der Waals surface area contributed by atoms with Gasteiger partial charge in [-0.15, -0.1) is 0 Å². The summed E-state index contributed by atoms with van der Waals surface area (Å²) in [5.41, 5.74) is 2.35. The van der Waals surface area contributed by atoms with Gasteiger partial charge in [0.05, 0.1) is 7.11 Å². The molecule has 2 aromatic rings. The molecule has 0 radical (unpaired) electrons. The van der Waals surface area contributed by atoms with Crippen molar-refractivity contribution in [3.8, 4) is 0 Å². The molecular formula is C13H13ClN2O2S. The summed E-state index contributed by atoms with van der Waals surface area (Å²) in [7, 11) is 1.32. The van der Waals surface area contributed by atoms with Crippen LogP contribution in [0.5, 0.6) is 0 Å². The SMILES string of the molecule is COC(=O)c1sc(NCc2ccc(C)cc2)nc1Cl. The van der Waals surface area contributed by atoms with Gasteiger partial charge in [-0.05, 0) is 12.5 Å². The van der Waals surface area contributed by atoms with Crippen LogP contribution in [0.3, 0.4) is 0 Å². The molecule has 0 aliphatic rings. The Hall–Kier alpha value is -1.59. The minimum Gasteiger partial charge on any atom is -0.465 e. The first kappa shape index (κ1) is 13.8. The summed E-state index contributed by atoms with van der Waals surface area (Å²) >= 11 is 7.07. The number of hydrogen-bond donors (Lipinski definition) is 1. The molecule has 0 fully saturated rings. The van der Waals surface area contributed by atoms with E-state index in [4.69, 9.17) is 11.6 Å². The van der Waals surface area contributed by atoms with Crippen LogP contribution in [0.15, 0.2) is 24.3 Å². The van der Waals surface area contributed by atoms with E-state index in [0.717, 1.165) is 5.56 Å². The molecule has 0 amide bonds. The second-order valence-corrected chi connectivity index (χ2v) is 5.33. The lowest BCUT2D eigenvalue weighted by molar-refractivity contribution is 0.0606. The number of hydrogen-bond acceptors (Lipinski definition) is 5. The fraction of sp³-hybridized carbons (Fsp3) is 0.231. The molecule has 4 nitrogen and oxygen atoms in total. The number of aryl methyl sites for hydroxylation is 1. The van der Waals surface area contributed by atoms with Crippen molar-refractivity contribution in [1.82, 2.24) is 4.98 Å². The van der Waals surface area contributed by atoms with Crippen LogP contribution in [0, 0.1) is 6.92 Å². The first-order valence-electron chi connectivity index (χ1n) is 5.64. The summed E-state index contributed by atoms with van der Waals surface area (Å²) in [6.07, 6.45) is 0. The van der Waals surface area contributed by atoms with E-state index in [9.17, 15) is 4.79 Å². The van der Waals surface area contributed by atoms with E-state index in [1.807, 2.05) is 31.2 Å². The highest BCUT2D eigenvalue weighted by atomic mass is 35.5. The van der Waals surface area contributed by atoms with Gasteiger partial charge in [-0.25, -0.2) is 9.78 Å². The quantitative estimate of drug-likeness (QED) is 0.877. The van der Waals surface area contributed by atoms with E-state index < -0.39 is 5.97 Å². The van der Waals surface area contributed by atoms with Gasteiger partial charge >= 0.3 is 5.97 Å². The van der Waals surface area contributed by atoms with E-state index in [-0.39, 0.29) is 5.15 Å². The predicted octanol–water partition coefficient (Wildman–Crippen LogP) is 3.50. The molecule has 0 saturated carbocycles. The lowest BCUT2D eigenvalue weighted by atomic mass is 10.1. The van der Waals surface area contributed by atoms with Crippen LogP contribution in [0.1, 0.15) is 20.8 Å². The van der Waals surface area contributed by atoms with Gasteiger partial charge in [0, 0.05) is 6.54 Å². The first-order chi connectivity index (χ1) is 9.10. The van der Waals surface area contributed by atoms with Gasteiger partial charge in [-0.3, -0.25) is 0 Å². The smallest absolute Gasteiger partial charge is 0.351 e. The number of nitrogens with zero attached hydrogens (tertiary/aromatic N) is 1. The highest BCUT2D eigenvalue weighted by molar-refractivity contribution is 7.18. The third-order valence-electron chi connectivity index (χ3n) is 2.52. The number of halogens is 1. The van der Waals surface area contributed by atoms with E-state index in [1.165, 1.54) is 24.0 Å². The molecule has 0 aliphatic heterocycles. The molecule has 1 heterocycles. The number of esters is 1. The summed E-state index contributed by atoms with van der Waals surface area (Å²) in [4.78, 5) is 15.8. The molecule has 0 spiro atoms. The van der Waals surface area contributed by atoms with Crippen LogP contribution < -0.4 is 5.32 Å². The molecule has 0 unspecified atom stereocenters. The lowest BCUT2D eigenvalue weighted by Gasteiger charge is -2.02. The Balaban J connectivity index is 2.04. The van der Waals surface area contributed by atoms with Crippen molar-refractivity contribution in [3.05, 3.63) is 45.4 Å². The van der Waals surface area contributed by atoms with Gasteiger partial charge in [-0.1, -0.05) is 52.8 Å². The number of nitrogens with one attached hydrogen (secondary N) is 1. The molecular weight excluding hydrogens is 284 g/mol. The fourth-order valence-corrected chi connectivity index (χ4v) is 2.58. The second kappa shape index (κ2) is 6.04. The Morgan fingerprint density at radius 2 is 2.11 bits per heavy atom. The van der Waals surface area contributed by atoms with Gasteiger partial charge in [-0.2, -0.15) is 0 Å². The Bertz CT molecular complexity index is 581. The van der Waals surface area contributed by atoms with Crippen molar-refractivity contribution in [3.63, 3.8) is 0 Å². The molecule has 1 N–H and O–H groups in total. The van der Waals surface area contributed by atoms with Crippen molar-refractivity contribution in [2.24, 2.45) is 0 Å². The third-order valence-corrected chi connectivity index (χ3v) is 3.90. The monoisotopic (exact) mass is 296 g/mol. The number of carbonyl (C=O) groups excluding carboxylic acids is 1. The molecule has 100 valence electrons. The lowest BCUT2D eigenvalue weighted by Crippen LogP contribution is -1.98. The van der Waals surface area contributed by atoms with Gasteiger partial charge in [0.1, 0.15) is 0 Å². The minimum atomic E-state index is -0.467. The van der Waals surface area contributed by atoms with Crippen LogP contribution in [-0.2, 0) is 11.3 Å². The molecule has 1 aromatic carbocycles. The standard InChI is InChI=1S/C13H13ClN2O2S/c1-8-3-5-9(6-4-8)7-15-13-16-11(14)10(19-13)12(17)18-2/h3-6H,7H2,1-2H3,(H,15,16). The Morgan fingerprint density at radius 3 is 2.74 bits per heavy atom. The predicted molar refractivity (Wildman–Crippen MR) is 77.0 cm³/mol. The average Bonchev–Trinajstić information content (AvgIpc) is 2.78. The Morgan fingerprint density at radius 1 is 1.42 bits per heavy atom. The number of methoxy groups -OCH3 is 1. The maximum Gasteiger partial charge on any atom is 0.351 e. The molecule has 6 heteroatoms.